The van der Waals surface area contributed by atoms with Gasteiger partial charge in [0.1, 0.15) is 17.5 Å². The number of nitrogens with one attached hydrogen (secondary N) is 1. The second-order valence-corrected chi connectivity index (χ2v) is 8.68. The van der Waals surface area contributed by atoms with Crippen LogP contribution >= 0.6 is 0 Å². The van der Waals surface area contributed by atoms with Crippen LogP contribution in [0, 0.1) is 0 Å². The third-order valence-electron chi connectivity index (χ3n) is 5.49. The van der Waals surface area contributed by atoms with Crippen LogP contribution in [-0.4, -0.2) is 28.7 Å². The van der Waals surface area contributed by atoms with Gasteiger partial charge in [0.2, 0.25) is 5.91 Å². The molecule has 1 saturated heterocycles. The van der Waals surface area contributed by atoms with Gasteiger partial charge in [0.25, 0.3) is 11.8 Å². The number of carbonyl (C=O) groups is 3. The van der Waals surface area contributed by atoms with Gasteiger partial charge in [-0.2, -0.15) is 0 Å². The summed E-state index contributed by atoms with van der Waals surface area (Å²) in [7, 11) is 0. The van der Waals surface area contributed by atoms with Crippen molar-refractivity contribution in [2.75, 3.05) is 0 Å². The second-order valence-electron chi connectivity index (χ2n) is 8.68. The van der Waals surface area contributed by atoms with Crippen LogP contribution in [-0.2, 0) is 10.2 Å². The fraction of sp³-hybridized carbons (Fsp3) is 0.292. The maximum atomic E-state index is 13.2. The van der Waals surface area contributed by atoms with E-state index in [0.717, 1.165) is 10.5 Å². The zero-order chi connectivity index (χ0) is 21.6. The standard InChI is InChI=1S/C24H24N2O4/c1-14-8-13-18(21(27)25-14)26-22(28)17-6-5-7-19(20(17)23(26)29)30-16-11-9-15(10-12-16)24(2,3)4/h5-7,9-12,18H,1,8,13H2,2-4H3,(H,25,27). The smallest absolute Gasteiger partial charge is 0.266 e. The molecule has 1 atom stereocenters. The lowest BCUT2D eigenvalue weighted by Gasteiger charge is -2.29. The minimum absolute atomic E-state index is 0.0152. The van der Waals surface area contributed by atoms with Crippen LogP contribution in [0.3, 0.4) is 0 Å². The first-order valence-corrected chi connectivity index (χ1v) is 9.95. The van der Waals surface area contributed by atoms with Gasteiger partial charge in [-0.05, 0) is 48.1 Å². The van der Waals surface area contributed by atoms with E-state index in [-0.39, 0.29) is 22.4 Å². The molecule has 6 heteroatoms. The van der Waals surface area contributed by atoms with Crippen LogP contribution in [0.15, 0.2) is 54.7 Å². The topological polar surface area (TPSA) is 75.7 Å². The van der Waals surface area contributed by atoms with Crippen molar-refractivity contribution < 1.29 is 19.1 Å². The van der Waals surface area contributed by atoms with Gasteiger partial charge in [-0.15, -0.1) is 0 Å². The maximum Gasteiger partial charge on any atom is 0.266 e. The molecule has 0 radical (unpaired) electrons. The van der Waals surface area contributed by atoms with Gasteiger partial charge >= 0.3 is 0 Å². The molecule has 30 heavy (non-hydrogen) atoms. The van der Waals surface area contributed by atoms with E-state index in [4.69, 9.17) is 4.74 Å². The van der Waals surface area contributed by atoms with Gasteiger partial charge in [0, 0.05) is 5.70 Å². The number of carbonyl (C=O) groups excluding carboxylic acids is 3. The highest BCUT2D eigenvalue weighted by atomic mass is 16.5. The molecule has 3 amide bonds. The lowest BCUT2D eigenvalue weighted by molar-refractivity contribution is -0.125. The van der Waals surface area contributed by atoms with Gasteiger partial charge in [-0.25, -0.2) is 0 Å². The first kappa shape index (κ1) is 19.9. The summed E-state index contributed by atoms with van der Waals surface area (Å²) in [5, 5.41) is 2.64. The van der Waals surface area contributed by atoms with Crippen molar-refractivity contribution in [3.63, 3.8) is 0 Å². The second kappa shape index (κ2) is 7.13. The van der Waals surface area contributed by atoms with Crippen LogP contribution in [0.2, 0.25) is 0 Å². The molecule has 1 N–H and O–H groups in total. The molecule has 4 rings (SSSR count). The van der Waals surface area contributed by atoms with Crippen molar-refractivity contribution >= 4 is 17.7 Å². The Hall–Kier alpha value is -3.41. The van der Waals surface area contributed by atoms with Crippen LogP contribution in [0.25, 0.3) is 0 Å². The predicted molar refractivity (Wildman–Crippen MR) is 112 cm³/mol. The number of hydrogen-bond acceptors (Lipinski definition) is 4. The largest absolute Gasteiger partial charge is 0.457 e. The zero-order valence-corrected chi connectivity index (χ0v) is 17.3. The van der Waals surface area contributed by atoms with E-state index in [9.17, 15) is 14.4 Å². The lowest BCUT2D eigenvalue weighted by atomic mass is 9.87. The number of fused-ring (bicyclic) bond motifs is 1. The lowest BCUT2D eigenvalue weighted by Crippen LogP contribution is -2.51. The highest BCUT2D eigenvalue weighted by molar-refractivity contribution is 6.24. The molecule has 0 aliphatic carbocycles. The molecule has 1 unspecified atom stereocenters. The summed E-state index contributed by atoms with van der Waals surface area (Å²) in [6.07, 6.45) is 0.883. The maximum absolute atomic E-state index is 13.2. The number of imide groups is 1. The molecule has 0 saturated carbocycles. The fourth-order valence-corrected chi connectivity index (χ4v) is 3.80. The van der Waals surface area contributed by atoms with E-state index in [1.807, 2.05) is 24.3 Å². The van der Waals surface area contributed by atoms with Crippen molar-refractivity contribution in [3.05, 3.63) is 71.4 Å². The third kappa shape index (κ3) is 3.38. The number of benzene rings is 2. The number of piperidine rings is 1. The fourth-order valence-electron chi connectivity index (χ4n) is 3.80. The number of nitrogens with zero attached hydrogens (tertiary/aromatic N) is 1. The highest BCUT2D eigenvalue weighted by Crippen LogP contribution is 2.36. The van der Waals surface area contributed by atoms with Gasteiger partial charge in [-0.3, -0.25) is 19.3 Å². The van der Waals surface area contributed by atoms with Crippen molar-refractivity contribution in [3.8, 4) is 11.5 Å². The quantitative estimate of drug-likeness (QED) is 0.780. The van der Waals surface area contributed by atoms with E-state index < -0.39 is 17.9 Å². The summed E-state index contributed by atoms with van der Waals surface area (Å²) in [5.74, 6) is -0.499. The molecule has 2 heterocycles. The molecule has 154 valence electrons. The van der Waals surface area contributed by atoms with Crippen LogP contribution in [0.1, 0.15) is 59.9 Å². The Morgan fingerprint density at radius 3 is 2.37 bits per heavy atom. The first-order chi connectivity index (χ1) is 14.2. The van der Waals surface area contributed by atoms with Crippen LogP contribution in [0.5, 0.6) is 11.5 Å². The van der Waals surface area contributed by atoms with E-state index in [2.05, 4.69) is 32.7 Å². The summed E-state index contributed by atoms with van der Waals surface area (Å²) in [4.78, 5) is 39.5. The number of ether oxygens (including phenoxy) is 1. The van der Waals surface area contributed by atoms with Crippen molar-refractivity contribution in [2.24, 2.45) is 0 Å². The van der Waals surface area contributed by atoms with Gasteiger partial charge in [0.05, 0.1) is 11.1 Å². The molecular formula is C24H24N2O4. The Kier molecular flexibility index (Phi) is 4.73. The van der Waals surface area contributed by atoms with E-state index >= 15 is 0 Å². The molecule has 1 fully saturated rings. The Morgan fingerprint density at radius 1 is 1.03 bits per heavy atom. The first-order valence-electron chi connectivity index (χ1n) is 9.95. The molecule has 2 aliphatic rings. The summed E-state index contributed by atoms with van der Waals surface area (Å²) < 4.78 is 5.97. The Labute approximate surface area is 175 Å². The molecule has 2 aromatic carbocycles. The number of hydrogen-bond donors (Lipinski definition) is 1. The molecule has 6 nitrogen and oxygen atoms in total. The van der Waals surface area contributed by atoms with E-state index in [1.165, 1.54) is 0 Å². The van der Waals surface area contributed by atoms with E-state index in [0.29, 0.717) is 30.0 Å². The zero-order valence-electron chi connectivity index (χ0n) is 17.3. The number of rotatable bonds is 3. The normalized spacial score (nSPS) is 19.0. The van der Waals surface area contributed by atoms with Crippen LogP contribution in [0.4, 0.5) is 0 Å². The molecule has 0 bridgehead atoms. The number of allylic oxidation sites excluding steroid dienone is 1. The van der Waals surface area contributed by atoms with Gasteiger partial charge in [-0.1, -0.05) is 45.5 Å². The average molecular weight is 404 g/mol. The van der Waals surface area contributed by atoms with Crippen LogP contribution < -0.4 is 10.1 Å². The monoisotopic (exact) mass is 404 g/mol. The molecule has 0 aromatic heterocycles. The summed E-state index contributed by atoms with van der Waals surface area (Å²) in [6, 6.07) is 11.7. The predicted octanol–water partition coefficient (Wildman–Crippen LogP) is 4.16. The SMILES string of the molecule is C=C1CCC(N2C(=O)c3cccc(Oc4ccc(C(C)(C)C)cc4)c3C2=O)C(=O)N1. The Morgan fingerprint density at radius 2 is 1.73 bits per heavy atom. The summed E-state index contributed by atoms with van der Waals surface area (Å²) >= 11 is 0. The van der Waals surface area contributed by atoms with Gasteiger partial charge in [0.15, 0.2) is 0 Å². The van der Waals surface area contributed by atoms with Crippen molar-refractivity contribution in [2.45, 2.75) is 45.1 Å². The average Bonchev–Trinajstić information content (AvgIpc) is 2.93. The van der Waals surface area contributed by atoms with Crippen molar-refractivity contribution in [1.29, 1.82) is 0 Å². The minimum atomic E-state index is -0.846. The summed E-state index contributed by atoms with van der Waals surface area (Å²) in [6.45, 7) is 10.1. The molecule has 0 spiro atoms. The third-order valence-corrected chi connectivity index (χ3v) is 5.49. The number of amides is 3. The van der Waals surface area contributed by atoms with E-state index in [1.54, 1.807) is 18.2 Å². The molecule has 2 aliphatic heterocycles. The molecule has 2 aromatic rings. The Bertz CT molecular complexity index is 1060. The van der Waals surface area contributed by atoms with Crippen molar-refractivity contribution in [1.82, 2.24) is 10.2 Å². The Balaban J connectivity index is 1.63. The molecular weight excluding hydrogens is 380 g/mol. The van der Waals surface area contributed by atoms with Gasteiger partial charge < -0.3 is 10.1 Å². The highest BCUT2D eigenvalue weighted by Gasteiger charge is 2.45. The summed E-state index contributed by atoms with van der Waals surface area (Å²) in [5.41, 5.74) is 2.22. The minimum Gasteiger partial charge on any atom is -0.457 e.